The van der Waals surface area contributed by atoms with E-state index in [-0.39, 0.29) is 0 Å². The first kappa shape index (κ1) is 12.3. The van der Waals surface area contributed by atoms with Crippen LogP contribution in [0.5, 0.6) is 0 Å². The first-order valence-corrected chi connectivity index (χ1v) is 7.16. The number of aryl methyl sites for hydroxylation is 1. The number of nitrogen functional groups attached to an aromatic ring is 1. The fourth-order valence-electron chi connectivity index (χ4n) is 2.99. The lowest BCUT2D eigenvalue weighted by Gasteiger charge is -2.21. The Hall–Kier alpha value is -1.77. The average molecular weight is 255 g/mol. The van der Waals surface area contributed by atoms with Gasteiger partial charge >= 0.3 is 0 Å². The normalized spacial score (nSPS) is 16.7. The van der Waals surface area contributed by atoms with Crippen LogP contribution >= 0.6 is 0 Å². The molecular weight excluding hydrogens is 234 g/mol. The summed E-state index contributed by atoms with van der Waals surface area (Å²) in [6.07, 6.45) is 8.45. The summed E-state index contributed by atoms with van der Waals surface area (Å²) in [6, 6.07) is 8.83. The summed E-state index contributed by atoms with van der Waals surface area (Å²) in [5.74, 6) is 0. The second kappa shape index (κ2) is 5.08. The summed E-state index contributed by atoms with van der Waals surface area (Å²) in [6.45, 7) is 2.11. The van der Waals surface area contributed by atoms with E-state index in [0.717, 1.165) is 16.9 Å². The first-order chi connectivity index (χ1) is 9.25. The minimum Gasteiger partial charge on any atom is -0.396 e. The van der Waals surface area contributed by atoms with Crippen molar-refractivity contribution in [2.24, 2.45) is 0 Å². The summed E-state index contributed by atoms with van der Waals surface area (Å²) in [5.41, 5.74) is 10.3. The van der Waals surface area contributed by atoms with Gasteiger partial charge in [-0.15, -0.1) is 0 Å². The molecule has 1 aliphatic carbocycles. The number of benzene rings is 1. The smallest absolute Gasteiger partial charge is 0.115 e. The topological polar surface area (TPSA) is 43.8 Å². The summed E-state index contributed by atoms with van der Waals surface area (Å²) >= 11 is 0. The van der Waals surface area contributed by atoms with Crippen LogP contribution in [0.25, 0.3) is 11.3 Å². The molecule has 100 valence electrons. The Morgan fingerprint density at radius 2 is 1.89 bits per heavy atom. The molecular formula is C16H21N3. The number of rotatable bonds is 2. The van der Waals surface area contributed by atoms with Gasteiger partial charge in [0.15, 0.2) is 0 Å². The predicted octanol–water partition coefficient (Wildman–Crippen LogP) is 3.95. The highest BCUT2D eigenvalue weighted by Crippen LogP contribution is 2.32. The van der Waals surface area contributed by atoms with Gasteiger partial charge in [0.1, 0.15) is 5.69 Å². The van der Waals surface area contributed by atoms with E-state index in [1.165, 1.54) is 37.7 Å². The molecule has 1 fully saturated rings. The molecule has 1 saturated carbocycles. The maximum absolute atomic E-state index is 6.17. The van der Waals surface area contributed by atoms with Crippen LogP contribution in [0.15, 0.2) is 30.5 Å². The van der Waals surface area contributed by atoms with Gasteiger partial charge in [-0.05, 0) is 25.3 Å². The molecule has 0 bridgehead atoms. The Morgan fingerprint density at radius 1 is 1.16 bits per heavy atom. The minimum atomic E-state index is 0.536. The van der Waals surface area contributed by atoms with Gasteiger partial charge in [-0.25, -0.2) is 0 Å². The summed E-state index contributed by atoms with van der Waals surface area (Å²) < 4.78 is 2.09. The Kier molecular flexibility index (Phi) is 3.28. The van der Waals surface area contributed by atoms with Crippen molar-refractivity contribution in [3.63, 3.8) is 0 Å². The molecule has 0 atom stereocenters. The van der Waals surface area contributed by atoms with E-state index in [0.29, 0.717) is 6.04 Å². The SMILES string of the molecule is Cc1ccccc1-c1nn(C2CCCCC2)cc1N. The van der Waals surface area contributed by atoms with Crippen LogP contribution in [0.1, 0.15) is 43.7 Å². The van der Waals surface area contributed by atoms with Crippen molar-refractivity contribution >= 4 is 5.69 Å². The van der Waals surface area contributed by atoms with Crippen molar-refractivity contribution in [2.75, 3.05) is 5.73 Å². The van der Waals surface area contributed by atoms with E-state index in [1.54, 1.807) is 0 Å². The number of nitrogens with two attached hydrogens (primary N) is 1. The quantitative estimate of drug-likeness (QED) is 0.883. The molecule has 0 unspecified atom stereocenters. The monoisotopic (exact) mass is 255 g/mol. The van der Waals surface area contributed by atoms with Crippen LogP contribution in [0.2, 0.25) is 0 Å². The van der Waals surface area contributed by atoms with E-state index >= 15 is 0 Å². The zero-order valence-corrected chi connectivity index (χ0v) is 11.5. The van der Waals surface area contributed by atoms with Gasteiger partial charge in [-0.2, -0.15) is 5.10 Å². The predicted molar refractivity (Wildman–Crippen MR) is 78.9 cm³/mol. The van der Waals surface area contributed by atoms with Crippen LogP contribution in [-0.4, -0.2) is 9.78 Å². The Balaban J connectivity index is 1.95. The highest BCUT2D eigenvalue weighted by molar-refractivity contribution is 5.74. The lowest BCUT2D eigenvalue weighted by Crippen LogP contribution is -2.13. The van der Waals surface area contributed by atoms with Crippen LogP contribution in [0.3, 0.4) is 0 Å². The van der Waals surface area contributed by atoms with Gasteiger partial charge in [-0.3, -0.25) is 4.68 Å². The fourth-order valence-corrected chi connectivity index (χ4v) is 2.99. The summed E-state index contributed by atoms with van der Waals surface area (Å²) in [7, 11) is 0. The molecule has 0 aliphatic heterocycles. The molecule has 0 spiro atoms. The van der Waals surface area contributed by atoms with E-state index in [4.69, 9.17) is 10.8 Å². The van der Waals surface area contributed by atoms with E-state index in [1.807, 2.05) is 18.3 Å². The molecule has 2 aromatic rings. The van der Waals surface area contributed by atoms with E-state index in [2.05, 4.69) is 23.7 Å². The third-order valence-corrected chi connectivity index (χ3v) is 4.11. The second-order valence-electron chi connectivity index (χ2n) is 5.52. The summed E-state index contributed by atoms with van der Waals surface area (Å²) in [5, 5.41) is 4.76. The Bertz CT molecular complexity index is 565. The van der Waals surface area contributed by atoms with Gasteiger partial charge in [0.05, 0.1) is 11.7 Å². The van der Waals surface area contributed by atoms with Gasteiger partial charge in [0, 0.05) is 11.8 Å². The van der Waals surface area contributed by atoms with Crippen LogP contribution in [0, 0.1) is 6.92 Å². The van der Waals surface area contributed by atoms with Gasteiger partial charge < -0.3 is 5.73 Å². The van der Waals surface area contributed by atoms with Crippen LogP contribution in [-0.2, 0) is 0 Å². The molecule has 1 aromatic heterocycles. The zero-order chi connectivity index (χ0) is 13.2. The van der Waals surface area contributed by atoms with Gasteiger partial charge in [0.25, 0.3) is 0 Å². The summed E-state index contributed by atoms with van der Waals surface area (Å²) in [4.78, 5) is 0. The van der Waals surface area contributed by atoms with Gasteiger partial charge in [-0.1, -0.05) is 43.5 Å². The van der Waals surface area contributed by atoms with Gasteiger partial charge in [0.2, 0.25) is 0 Å². The molecule has 3 rings (SSSR count). The maximum Gasteiger partial charge on any atom is 0.115 e. The van der Waals surface area contributed by atoms with Crippen molar-refractivity contribution < 1.29 is 0 Å². The standard InChI is InChI=1S/C16H21N3/c1-12-7-5-6-10-14(12)16-15(17)11-19(18-16)13-8-3-2-4-9-13/h5-7,10-11,13H,2-4,8-9,17H2,1H3. The van der Waals surface area contributed by atoms with Crippen molar-refractivity contribution in [2.45, 2.75) is 45.1 Å². The largest absolute Gasteiger partial charge is 0.396 e. The van der Waals surface area contributed by atoms with Crippen LogP contribution in [0.4, 0.5) is 5.69 Å². The number of hydrogen-bond donors (Lipinski definition) is 1. The maximum atomic E-state index is 6.17. The Morgan fingerprint density at radius 3 is 2.63 bits per heavy atom. The highest BCUT2D eigenvalue weighted by Gasteiger charge is 2.18. The fraction of sp³-hybridized carbons (Fsp3) is 0.438. The van der Waals surface area contributed by atoms with E-state index in [9.17, 15) is 0 Å². The van der Waals surface area contributed by atoms with Crippen molar-refractivity contribution in [1.29, 1.82) is 0 Å². The second-order valence-corrected chi connectivity index (χ2v) is 5.52. The molecule has 1 aromatic carbocycles. The van der Waals surface area contributed by atoms with Crippen molar-refractivity contribution in [1.82, 2.24) is 9.78 Å². The van der Waals surface area contributed by atoms with Crippen LogP contribution < -0.4 is 5.73 Å². The molecule has 3 heteroatoms. The highest BCUT2D eigenvalue weighted by atomic mass is 15.3. The third-order valence-electron chi connectivity index (χ3n) is 4.11. The molecule has 19 heavy (non-hydrogen) atoms. The third kappa shape index (κ3) is 2.37. The average Bonchev–Trinajstić information content (AvgIpc) is 2.82. The zero-order valence-electron chi connectivity index (χ0n) is 11.5. The molecule has 2 N–H and O–H groups in total. The minimum absolute atomic E-state index is 0.536. The van der Waals surface area contributed by atoms with Crippen molar-refractivity contribution in [3.8, 4) is 11.3 Å². The lowest BCUT2D eigenvalue weighted by atomic mass is 9.96. The molecule has 0 saturated heterocycles. The lowest BCUT2D eigenvalue weighted by molar-refractivity contribution is 0.330. The van der Waals surface area contributed by atoms with E-state index < -0.39 is 0 Å². The number of nitrogens with zero attached hydrogens (tertiary/aromatic N) is 2. The number of anilines is 1. The molecule has 1 aliphatic rings. The number of hydrogen-bond acceptors (Lipinski definition) is 2. The Labute approximate surface area is 114 Å². The molecule has 0 amide bonds. The first-order valence-electron chi connectivity index (χ1n) is 7.16. The number of aromatic nitrogens is 2. The molecule has 0 radical (unpaired) electrons. The molecule has 1 heterocycles. The molecule has 3 nitrogen and oxygen atoms in total. The van der Waals surface area contributed by atoms with Crippen molar-refractivity contribution in [3.05, 3.63) is 36.0 Å².